The molecule has 2 aromatic rings. The first-order chi connectivity index (χ1) is 12.9. The molecule has 6 nitrogen and oxygen atoms in total. The van der Waals surface area contributed by atoms with Crippen molar-refractivity contribution in [3.63, 3.8) is 0 Å². The Morgan fingerprint density at radius 3 is 2.59 bits per heavy atom. The number of pyridine rings is 1. The van der Waals surface area contributed by atoms with Crippen LogP contribution in [0, 0.1) is 19.8 Å². The SMILES string of the molecule is COc1ccc(C)cc1S(=O)(=O)N1CCC(COc2ncccc2C)CC1. The summed E-state index contributed by atoms with van der Waals surface area (Å²) in [6, 6.07) is 9.07. The molecule has 0 unspecified atom stereocenters. The highest BCUT2D eigenvalue weighted by Crippen LogP contribution is 2.30. The molecule has 0 bridgehead atoms. The summed E-state index contributed by atoms with van der Waals surface area (Å²) in [5, 5.41) is 0. The van der Waals surface area contributed by atoms with Gasteiger partial charge in [-0.25, -0.2) is 13.4 Å². The summed E-state index contributed by atoms with van der Waals surface area (Å²) < 4.78 is 38.8. The number of sulfonamides is 1. The van der Waals surface area contributed by atoms with Gasteiger partial charge in [0.2, 0.25) is 15.9 Å². The van der Waals surface area contributed by atoms with Crippen LogP contribution in [0.15, 0.2) is 41.4 Å². The predicted octanol–water partition coefficient (Wildman–Crippen LogP) is 3.19. The van der Waals surface area contributed by atoms with Crippen LogP contribution in [0.4, 0.5) is 0 Å². The van der Waals surface area contributed by atoms with Crippen LogP contribution in [-0.2, 0) is 10.0 Å². The normalized spacial score (nSPS) is 16.3. The predicted molar refractivity (Wildman–Crippen MR) is 104 cm³/mol. The molecule has 1 aromatic carbocycles. The topological polar surface area (TPSA) is 68.7 Å². The number of nitrogens with zero attached hydrogens (tertiary/aromatic N) is 2. The van der Waals surface area contributed by atoms with E-state index in [-0.39, 0.29) is 4.90 Å². The maximum atomic E-state index is 13.1. The molecule has 146 valence electrons. The number of hydrogen-bond acceptors (Lipinski definition) is 5. The summed E-state index contributed by atoms with van der Waals surface area (Å²) in [6.45, 7) is 5.36. The Morgan fingerprint density at radius 1 is 1.19 bits per heavy atom. The Bertz CT molecular complexity index is 891. The average molecular weight is 391 g/mol. The molecule has 0 radical (unpaired) electrons. The molecule has 2 heterocycles. The third kappa shape index (κ3) is 4.42. The number of rotatable bonds is 6. The number of piperidine rings is 1. The van der Waals surface area contributed by atoms with E-state index in [4.69, 9.17) is 9.47 Å². The molecule has 1 aromatic heterocycles. The molecule has 1 saturated heterocycles. The van der Waals surface area contributed by atoms with E-state index in [1.165, 1.54) is 7.11 Å². The second-order valence-corrected chi connectivity index (χ2v) is 8.84. The fraction of sp³-hybridized carbons (Fsp3) is 0.450. The van der Waals surface area contributed by atoms with Crippen LogP contribution in [0.2, 0.25) is 0 Å². The van der Waals surface area contributed by atoms with E-state index in [1.54, 1.807) is 22.6 Å². The lowest BCUT2D eigenvalue weighted by Crippen LogP contribution is -2.39. The molecule has 0 aliphatic carbocycles. The summed E-state index contributed by atoms with van der Waals surface area (Å²) >= 11 is 0. The van der Waals surface area contributed by atoms with E-state index >= 15 is 0 Å². The van der Waals surface area contributed by atoms with Gasteiger partial charge in [-0.05, 0) is 56.4 Å². The van der Waals surface area contributed by atoms with Crippen LogP contribution in [0.25, 0.3) is 0 Å². The van der Waals surface area contributed by atoms with E-state index in [9.17, 15) is 8.42 Å². The van der Waals surface area contributed by atoms with Gasteiger partial charge in [0.25, 0.3) is 0 Å². The molecule has 1 aliphatic heterocycles. The van der Waals surface area contributed by atoms with Crippen LogP contribution in [0.5, 0.6) is 11.6 Å². The smallest absolute Gasteiger partial charge is 0.246 e. The highest BCUT2D eigenvalue weighted by molar-refractivity contribution is 7.89. The second-order valence-electron chi connectivity index (χ2n) is 6.94. The van der Waals surface area contributed by atoms with Crippen LogP contribution in [0.1, 0.15) is 24.0 Å². The Morgan fingerprint density at radius 2 is 1.93 bits per heavy atom. The van der Waals surface area contributed by atoms with Crippen LogP contribution >= 0.6 is 0 Å². The molecule has 0 atom stereocenters. The van der Waals surface area contributed by atoms with Crippen molar-refractivity contribution in [2.24, 2.45) is 5.92 Å². The van der Waals surface area contributed by atoms with E-state index < -0.39 is 10.0 Å². The van der Waals surface area contributed by atoms with Gasteiger partial charge in [-0.3, -0.25) is 0 Å². The van der Waals surface area contributed by atoms with E-state index in [1.807, 2.05) is 32.0 Å². The first kappa shape index (κ1) is 19.6. The molecule has 0 amide bonds. The third-order valence-electron chi connectivity index (χ3n) is 4.93. The van der Waals surface area contributed by atoms with Crippen molar-refractivity contribution >= 4 is 10.0 Å². The molecule has 3 rings (SSSR count). The quantitative estimate of drug-likeness (QED) is 0.758. The maximum absolute atomic E-state index is 13.1. The summed E-state index contributed by atoms with van der Waals surface area (Å²) in [6.07, 6.45) is 3.24. The van der Waals surface area contributed by atoms with Gasteiger partial charge in [0.1, 0.15) is 10.6 Å². The second kappa shape index (κ2) is 8.27. The molecule has 27 heavy (non-hydrogen) atoms. The van der Waals surface area contributed by atoms with Crippen molar-refractivity contribution in [2.75, 3.05) is 26.8 Å². The van der Waals surface area contributed by atoms with Crippen molar-refractivity contribution in [3.8, 4) is 11.6 Å². The minimum absolute atomic E-state index is 0.240. The zero-order chi connectivity index (χ0) is 19.4. The molecule has 1 aliphatic rings. The highest BCUT2D eigenvalue weighted by atomic mass is 32.2. The molecular formula is C20H26N2O4S. The summed E-state index contributed by atoms with van der Waals surface area (Å²) in [4.78, 5) is 4.48. The molecule has 7 heteroatoms. The minimum Gasteiger partial charge on any atom is -0.495 e. The van der Waals surface area contributed by atoms with Gasteiger partial charge in [-0.1, -0.05) is 12.1 Å². The minimum atomic E-state index is -3.57. The lowest BCUT2D eigenvalue weighted by molar-refractivity contribution is 0.180. The van der Waals surface area contributed by atoms with Crippen LogP contribution < -0.4 is 9.47 Å². The molecule has 0 N–H and O–H groups in total. The number of benzene rings is 1. The lowest BCUT2D eigenvalue weighted by Gasteiger charge is -2.31. The molecule has 1 fully saturated rings. The summed E-state index contributed by atoms with van der Waals surface area (Å²) in [5.74, 6) is 1.35. The summed E-state index contributed by atoms with van der Waals surface area (Å²) in [5.41, 5.74) is 1.90. The molecular weight excluding hydrogens is 364 g/mol. The zero-order valence-electron chi connectivity index (χ0n) is 16.0. The van der Waals surface area contributed by atoms with Gasteiger partial charge in [0, 0.05) is 24.8 Å². The van der Waals surface area contributed by atoms with Crippen molar-refractivity contribution in [3.05, 3.63) is 47.7 Å². The van der Waals surface area contributed by atoms with Crippen molar-refractivity contribution < 1.29 is 17.9 Å². The Balaban J connectivity index is 1.63. The number of hydrogen-bond donors (Lipinski definition) is 0. The first-order valence-electron chi connectivity index (χ1n) is 9.11. The van der Waals surface area contributed by atoms with E-state index in [2.05, 4.69) is 4.98 Å². The average Bonchev–Trinajstić information content (AvgIpc) is 2.67. The van der Waals surface area contributed by atoms with Gasteiger partial charge < -0.3 is 9.47 Å². The fourth-order valence-corrected chi connectivity index (χ4v) is 4.97. The largest absolute Gasteiger partial charge is 0.495 e. The standard InChI is InChI=1S/C20H26N2O4S/c1-15-6-7-18(25-3)19(13-15)27(23,24)22-11-8-17(9-12-22)14-26-20-16(2)5-4-10-21-20/h4-7,10,13,17H,8-9,11-12,14H2,1-3H3. The highest BCUT2D eigenvalue weighted by Gasteiger charge is 2.31. The van der Waals surface area contributed by atoms with Crippen LogP contribution in [0.3, 0.4) is 0 Å². The molecule has 0 saturated carbocycles. The number of aryl methyl sites for hydroxylation is 2. The van der Waals surface area contributed by atoms with Gasteiger partial charge in [-0.15, -0.1) is 0 Å². The maximum Gasteiger partial charge on any atom is 0.246 e. The van der Waals surface area contributed by atoms with Gasteiger partial charge in [0.15, 0.2) is 0 Å². The van der Waals surface area contributed by atoms with Crippen molar-refractivity contribution in [1.82, 2.24) is 9.29 Å². The fourth-order valence-electron chi connectivity index (χ4n) is 3.26. The monoisotopic (exact) mass is 390 g/mol. The Kier molecular flexibility index (Phi) is 6.01. The first-order valence-corrected chi connectivity index (χ1v) is 10.5. The number of aromatic nitrogens is 1. The van der Waals surface area contributed by atoms with Crippen molar-refractivity contribution in [2.45, 2.75) is 31.6 Å². The lowest BCUT2D eigenvalue weighted by atomic mass is 9.99. The van der Waals surface area contributed by atoms with Gasteiger partial charge >= 0.3 is 0 Å². The van der Waals surface area contributed by atoms with Crippen LogP contribution in [-0.4, -0.2) is 44.5 Å². The number of ether oxygens (including phenoxy) is 2. The number of methoxy groups -OCH3 is 1. The zero-order valence-corrected chi connectivity index (χ0v) is 16.8. The van der Waals surface area contributed by atoms with Gasteiger partial charge in [-0.2, -0.15) is 4.31 Å². The molecule has 0 spiro atoms. The Labute approximate surface area is 161 Å². The Hall–Kier alpha value is -2.12. The van der Waals surface area contributed by atoms with E-state index in [0.29, 0.717) is 37.2 Å². The van der Waals surface area contributed by atoms with E-state index in [0.717, 1.165) is 24.0 Å². The third-order valence-corrected chi connectivity index (χ3v) is 6.85. The van der Waals surface area contributed by atoms with Gasteiger partial charge in [0.05, 0.1) is 13.7 Å². The summed E-state index contributed by atoms with van der Waals surface area (Å²) in [7, 11) is -2.08. The van der Waals surface area contributed by atoms with Crippen molar-refractivity contribution in [1.29, 1.82) is 0 Å².